The quantitative estimate of drug-likeness (QED) is 0.577. The van der Waals surface area contributed by atoms with E-state index >= 15 is 0 Å². The van der Waals surface area contributed by atoms with Crippen LogP contribution in [0.25, 0.3) is 0 Å². The van der Waals surface area contributed by atoms with Crippen LogP contribution < -0.4 is 10.1 Å². The summed E-state index contributed by atoms with van der Waals surface area (Å²) in [5.74, 6) is 0.618. The zero-order valence-electron chi connectivity index (χ0n) is 19.6. The second kappa shape index (κ2) is 9.71. The van der Waals surface area contributed by atoms with Gasteiger partial charge in [0.1, 0.15) is 17.3 Å². The highest BCUT2D eigenvalue weighted by molar-refractivity contribution is 5.83. The molecule has 1 aromatic heterocycles. The Morgan fingerprint density at radius 3 is 2.59 bits per heavy atom. The molecule has 4 rings (SSSR count). The summed E-state index contributed by atoms with van der Waals surface area (Å²) in [5, 5.41) is 2.75. The summed E-state index contributed by atoms with van der Waals surface area (Å²) >= 11 is 0. The zero-order chi connectivity index (χ0) is 24.3. The second-order valence-corrected chi connectivity index (χ2v) is 9.46. The van der Waals surface area contributed by atoms with Gasteiger partial charge in [-0.05, 0) is 59.5 Å². The molecule has 3 aromatic rings. The first kappa shape index (κ1) is 23.5. The molecule has 7 heteroatoms. The minimum Gasteiger partial charge on any atom is -0.484 e. The summed E-state index contributed by atoms with van der Waals surface area (Å²) in [6, 6.07) is 15.1. The van der Waals surface area contributed by atoms with Crippen LogP contribution in [0.1, 0.15) is 49.3 Å². The van der Waals surface area contributed by atoms with Gasteiger partial charge in [-0.25, -0.2) is 4.39 Å². The van der Waals surface area contributed by atoms with Crippen molar-refractivity contribution in [1.29, 1.82) is 0 Å². The molecule has 1 unspecified atom stereocenters. The highest BCUT2D eigenvalue weighted by atomic mass is 19.1. The lowest BCUT2D eigenvalue weighted by Crippen LogP contribution is -2.45. The number of ether oxygens (including phenoxy) is 1. The van der Waals surface area contributed by atoms with Gasteiger partial charge in [-0.15, -0.1) is 0 Å². The lowest BCUT2D eigenvalue weighted by atomic mass is 9.85. The van der Waals surface area contributed by atoms with Crippen LogP contribution in [0.4, 0.5) is 4.39 Å². The Bertz CT molecular complexity index is 1150. The molecule has 0 spiro atoms. The van der Waals surface area contributed by atoms with E-state index in [2.05, 4.69) is 5.32 Å². The number of benzene rings is 2. The molecule has 2 amide bonds. The molecule has 1 atom stereocenters. The fraction of sp³-hybridized carbons (Fsp3) is 0.333. The number of carbonyl (C=O) groups is 2. The van der Waals surface area contributed by atoms with Gasteiger partial charge in [-0.1, -0.05) is 39.0 Å². The molecule has 2 aromatic carbocycles. The van der Waals surface area contributed by atoms with Crippen LogP contribution in [0.3, 0.4) is 0 Å². The number of halogens is 1. The normalized spacial score (nSPS) is 15.5. The molecule has 6 nitrogen and oxygen atoms in total. The van der Waals surface area contributed by atoms with Gasteiger partial charge in [0.2, 0.25) is 5.91 Å². The second-order valence-electron chi connectivity index (χ2n) is 9.46. The number of carbonyl (C=O) groups excluding carboxylic acids is 2. The van der Waals surface area contributed by atoms with Crippen LogP contribution in [-0.4, -0.2) is 29.9 Å². The number of amides is 2. The Labute approximate surface area is 198 Å². The summed E-state index contributed by atoms with van der Waals surface area (Å²) < 4.78 is 24.6. The van der Waals surface area contributed by atoms with E-state index in [4.69, 9.17) is 9.15 Å². The number of hydrogen-bond donors (Lipinski definition) is 1. The number of nitrogens with one attached hydrogen (secondary N) is 1. The number of nitrogens with zero attached hydrogens (tertiary/aromatic N) is 1. The number of fused-ring (bicyclic) bond motifs is 1. The largest absolute Gasteiger partial charge is 0.484 e. The highest BCUT2D eigenvalue weighted by Crippen LogP contribution is 2.39. The molecular weight excluding hydrogens is 435 g/mol. The van der Waals surface area contributed by atoms with Crippen molar-refractivity contribution in [3.63, 3.8) is 0 Å². The van der Waals surface area contributed by atoms with Gasteiger partial charge in [0, 0.05) is 12.0 Å². The first-order chi connectivity index (χ1) is 16.2. The van der Waals surface area contributed by atoms with Gasteiger partial charge in [0.15, 0.2) is 6.61 Å². The van der Waals surface area contributed by atoms with Crippen molar-refractivity contribution >= 4 is 11.8 Å². The molecule has 0 radical (unpaired) electrons. The molecule has 0 aliphatic carbocycles. The Morgan fingerprint density at radius 1 is 1.15 bits per heavy atom. The van der Waals surface area contributed by atoms with Gasteiger partial charge in [-0.3, -0.25) is 9.59 Å². The van der Waals surface area contributed by atoms with Gasteiger partial charge >= 0.3 is 0 Å². The molecule has 0 fully saturated rings. The van der Waals surface area contributed by atoms with Crippen molar-refractivity contribution < 1.29 is 23.1 Å². The SMILES string of the molecule is CC(C)(C)C(=O)N1CCc2ccc(OCC(=O)NCc3ccco3)cc2C1c1ccc(F)cc1. The van der Waals surface area contributed by atoms with E-state index in [1.54, 1.807) is 30.5 Å². The van der Waals surface area contributed by atoms with Crippen molar-refractivity contribution in [2.24, 2.45) is 5.41 Å². The summed E-state index contributed by atoms with van der Waals surface area (Å²) in [6.07, 6.45) is 2.26. The lowest BCUT2D eigenvalue weighted by Gasteiger charge is -2.41. The first-order valence-corrected chi connectivity index (χ1v) is 11.3. The first-order valence-electron chi connectivity index (χ1n) is 11.3. The van der Waals surface area contributed by atoms with E-state index in [9.17, 15) is 14.0 Å². The maximum absolute atomic E-state index is 13.6. The third-order valence-corrected chi connectivity index (χ3v) is 5.84. The average Bonchev–Trinajstić information content (AvgIpc) is 3.34. The van der Waals surface area contributed by atoms with Gasteiger partial charge in [-0.2, -0.15) is 0 Å². The molecule has 1 N–H and O–H groups in total. The van der Waals surface area contributed by atoms with E-state index in [0.29, 0.717) is 24.5 Å². The van der Waals surface area contributed by atoms with Crippen molar-refractivity contribution in [3.05, 3.63) is 89.1 Å². The minimum absolute atomic E-state index is 0.0242. The maximum atomic E-state index is 13.6. The smallest absolute Gasteiger partial charge is 0.258 e. The Morgan fingerprint density at radius 2 is 1.91 bits per heavy atom. The number of hydrogen-bond acceptors (Lipinski definition) is 4. The van der Waals surface area contributed by atoms with Crippen LogP contribution in [-0.2, 0) is 22.6 Å². The van der Waals surface area contributed by atoms with Crippen molar-refractivity contribution in [1.82, 2.24) is 10.2 Å². The van der Waals surface area contributed by atoms with Crippen LogP contribution in [0, 0.1) is 11.2 Å². The molecule has 0 saturated heterocycles. The fourth-order valence-corrected chi connectivity index (χ4v) is 4.14. The summed E-state index contributed by atoms with van der Waals surface area (Å²) in [6.45, 7) is 6.40. The topological polar surface area (TPSA) is 71.8 Å². The van der Waals surface area contributed by atoms with Crippen LogP contribution >= 0.6 is 0 Å². The van der Waals surface area contributed by atoms with E-state index in [0.717, 1.165) is 16.7 Å². The predicted molar refractivity (Wildman–Crippen MR) is 126 cm³/mol. The molecule has 34 heavy (non-hydrogen) atoms. The molecule has 1 aliphatic rings. The highest BCUT2D eigenvalue weighted by Gasteiger charge is 2.37. The van der Waals surface area contributed by atoms with E-state index in [1.165, 1.54) is 12.1 Å². The standard InChI is InChI=1S/C27H29FN2O4/c1-27(2,3)26(32)30-13-12-18-8-11-21(34-17-24(31)29-16-22-5-4-14-33-22)15-23(18)25(30)19-6-9-20(28)10-7-19/h4-11,14-15,25H,12-13,16-17H2,1-3H3,(H,29,31). The van der Waals surface area contributed by atoms with E-state index < -0.39 is 5.41 Å². The average molecular weight is 465 g/mol. The van der Waals surface area contributed by atoms with Gasteiger partial charge < -0.3 is 19.4 Å². The minimum atomic E-state index is -0.560. The Kier molecular flexibility index (Phi) is 6.72. The maximum Gasteiger partial charge on any atom is 0.258 e. The van der Waals surface area contributed by atoms with Crippen molar-refractivity contribution in [2.45, 2.75) is 39.8 Å². The van der Waals surface area contributed by atoms with Crippen LogP contribution in [0.15, 0.2) is 65.3 Å². The molecular formula is C27H29FN2O4. The Balaban J connectivity index is 1.57. The number of furan rings is 1. The molecule has 1 aliphatic heterocycles. The van der Waals surface area contributed by atoms with E-state index in [-0.39, 0.29) is 36.8 Å². The fourth-order valence-electron chi connectivity index (χ4n) is 4.14. The third kappa shape index (κ3) is 5.30. The van der Waals surface area contributed by atoms with Crippen molar-refractivity contribution in [2.75, 3.05) is 13.2 Å². The van der Waals surface area contributed by atoms with Gasteiger partial charge in [0.25, 0.3) is 5.91 Å². The van der Waals surface area contributed by atoms with Gasteiger partial charge in [0.05, 0.1) is 18.8 Å². The molecule has 0 bridgehead atoms. The van der Waals surface area contributed by atoms with Crippen molar-refractivity contribution in [3.8, 4) is 5.75 Å². The molecule has 2 heterocycles. The predicted octanol–water partition coefficient (Wildman–Crippen LogP) is 4.63. The monoisotopic (exact) mass is 464 g/mol. The summed E-state index contributed by atoms with van der Waals surface area (Å²) in [7, 11) is 0. The zero-order valence-corrected chi connectivity index (χ0v) is 19.6. The lowest BCUT2D eigenvalue weighted by molar-refractivity contribution is -0.141. The molecule has 0 saturated carbocycles. The Hall–Kier alpha value is -3.61. The molecule has 178 valence electrons. The van der Waals surface area contributed by atoms with E-state index in [1.807, 2.05) is 43.9 Å². The van der Waals surface area contributed by atoms with Crippen LogP contribution in [0.5, 0.6) is 5.75 Å². The van der Waals surface area contributed by atoms with Crippen LogP contribution in [0.2, 0.25) is 0 Å². The third-order valence-electron chi connectivity index (χ3n) is 5.84. The summed E-state index contributed by atoms with van der Waals surface area (Å²) in [4.78, 5) is 27.4. The number of rotatable bonds is 6. The summed E-state index contributed by atoms with van der Waals surface area (Å²) in [5.41, 5.74) is 2.29.